The van der Waals surface area contributed by atoms with E-state index in [0.717, 1.165) is 25.3 Å². The maximum Gasteiger partial charge on any atom is 0.133 e. The van der Waals surface area contributed by atoms with Crippen molar-refractivity contribution in [3.63, 3.8) is 0 Å². The summed E-state index contributed by atoms with van der Waals surface area (Å²) in [6, 6.07) is 2.90. The Hall–Kier alpha value is -1.13. The minimum Gasteiger partial charge on any atom is -0.356 e. The number of aryl methyl sites for hydroxylation is 2. The van der Waals surface area contributed by atoms with E-state index in [1.807, 2.05) is 7.05 Å². The smallest absolute Gasteiger partial charge is 0.133 e. The summed E-state index contributed by atoms with van der Waals surface area (Å²) in [6.45, 7) is 7.39. The lowest BCUT2D eigenvalue weighted by Crippen LogP contribution is -2.42. The molecular weight excluding hydrogens is 248 g/mol. The monoisotopic (exact) mass is 276 g/mol. The van der Waals surface area contributed by atoms with Gasteiger partial charge in [0, 0.05) is 36.9 Å². The minimum absolute atomic E-state index is 0.713. The van der Waals surface area contributed by atoms with Gasteiger partial charge in [0.1, 0.15) is 5.82 Å². The first kappa shape index (κ1) is 15.3. The van der Waals surface area contributed by atoms with Crippen molar-refractivity contribution in [2.75, 3.05) is 39.1 Å². The average Bonchev–Trinajstić information content (AvgIpc) is 2.41. The van der Waals surface area contributed by atoms with Gasteiger partial charge in [-0.05, 0) is 59.5 Å². The molecule has 4 heteroatoms. The predicted octanol–water partition coefficient (Wildman–Crippen LogP) is 1.95. The molecule has 1 aliphatic rings. The maximum absolute atomic E-state index is 4.82. The number of piperidine rings is 1. The molecule has 4 nitrogen and oxygen atoms in total. The predicted molar refractivity (Wildman–Crippen MR) is 85.4 cm³/mol. The van der Waals surface area contributed by atoms with E-state index in [1.165, 1.54) is 29.8 Å². The Kier molecular flexibility index (Phi) is 5.00. The van der Waals surface area contributed by atoms with Gasteiger partial charge in [-0.2, -0.15) is 0 Å². The zero-order chi connectivity index (χ0) is 14.7. The van der Waals surface area contributed by atoms with Gasteiger partial charge in [0.25, 0.3) is 0 Å². The molecule has 0 atom stereocenters. The zero-order valence-corrected chi connectivity index (χ0v) is 13.5. The van der Waals surface area contributed by atoms with Gasteiger partial charge in [-0.1, -0.05) is 0 Å². The normalized spacial score (nSPS) is 17.0. The van der Waals surface area contributed by atoms with Crippen LogP contribution in [0.4, 0.5) is 5.82 Å². The van der Waals surface area contributed by atoms with Crippen LogP contribution in [0.1, 0.15) is 29.7 Å². The number of hydrogen-bond donors (Lipinski definition) is 1. The Morgan fingerprint density at radius 3 is 2.50 bits per heavy atom. The van der Waals surface area contributed by atoms with E-state index in [2.05, 4.69) is 49.1 Å². The SMILES string of the molecule is CNCc1c(C)cc(C)nc1N1CCC(N(C)C)CC1. The van der Waals surface area contributed by atoms with Gasteiger partial charge in [0.05, 0.1) is 0 Å². The Bertz CT molecular complexity index is 448. The van der Waals surface area contributed by atoms with Crippen LogP contribution in [0.25, 0.3) is 0 Å². The summed E-state index contributed by atoms with van der Waals surface area (Å²) in [5.41, 5.74) is 3.81. The first-order valence-electron chi connectivity index (χ1n) is 7.56. The van der Waals surface area contributed by atoms with E-state index in [-0.39, 0.29) is 0 Å². The fourth-order valence-electron chi connectivity index (χ4n) is 3.09. The molecular formula is C16H28N4. The van der Waals surface area contributed by atoms with Gasteiger partial charge in [-0.25, -0.2) is 4.98 Å². The number of anilines is 1. The average molecular weight is 276 g/mol. The number of pyridine rings is 1. The highest BCUT2D eigenvalue weighted by Gasteiger charge is 2.23. The molecule has 112 valence electrons. The Morgan fingerprint density at radius 1 is 1.30 bits per heavy atom. The van der Waals surface area contributed by atoms with Crippen molar-refractivity contribution in [3.8, 4) is 0 Å². The fraction of sp³-hybridized carbons (Fsp3) is 0.688. The lowest BCUT2D eigenvalue weighted by Gasteiger charge is -2.37. The molecule has 1 fully saturated rings. The number of aromatic nitrogens is 1. The summed E-state index contributed by atoms with van der Waals surface area (Å²) >= 11 is 0. The second-order valence-corrected chi connectivity index (χ2v) is 6.09. The number of rotatable bonds is 4. The van der Waals surface area contributed by atoms with E-state index < -0.39 is 0 Å². The van der Waals surface area contributed by atoms with Gasteiger partial charge < -0.3 is 15.1 Å². The van der Waals surface area contributed by atoms with Crippen molar-refractivity contribution in [2.24, 2.45) is 0 Å². The van der Waals surface area contributed by atoms with Crippen molar-refractivity contribution in [1.82, 2.24) is 15.2 Å². The molecule has 1 aromatic rings. The van der Waals surface area contributed by atoms with Crippen molar-refractivity contribution < 1.29 is 0 Å². The molecule has 1 N–H and O–H groups in total. The van der Waals surface area contributed by atoms with Gasteiger partial charge in [0.2, 0.25) is 0 Å². The molecule has 0 unspecified atom stereocenters. The molecule has 20 heavy (non-hydrogen) atoms. The van der Waals surface area contributed by atoms with Gasteiger partial charge in [0.15, 0.2) is 0 Å². The third kappa shape index (κ3) is 3.30. The zero-order valence-electron chi connectivity index (χ0n) is 13.5. The first-order valence-corrected chi connectivity index (χ1v) is 7.56. The van der Waals surface area contributed by atoms with Crippen LogP contribution in [0.5, 0.6) is 0 Å². The summed E-state index contributed by atoms with van der Waals surface area (Å²) in [5.74, 6) is 1.19. The van der Waals surface area contributed by atoms with Crippen LogP contribution >= 0.6 is 0 Å². The van der Waals surface area contributed by atoms with E-state index in [4.69, 9.17) is 4.98 Å². The van der Waals surface area contributed by atoms with Gasteiger partial charge in [-0.3, -0.25) is 0 Å². The topological polar surface area (TPSA) is 31.4 Å². The van der Waals surface area contributed by atoms with Crippen molar-refractivity contribution in [2.45, 2.75) is 39.3 Å². The fourth-order valence-corrected chi connectivity index (χ4v) is 3.09. The van der Waals surface area contributed by atoms with Crippen LogP contribution in [0.15, 0.2) is 6.07 Å². The Morgan fingerprint density at radius 2 is 1.95 bits per heavy atom. The number of hydrogen-bond acceptors (Lipinski definition) is 4. The quantitative estimate of drug-likeness (QED) is 0.911. The number of nitrogens with one attached hydrogen (secondary N) is 1. The van der Waals surface area contributed by atoms with Crippen LogP contribution in [-0.2, 0) is 6.54 Å². The van der Waals surface area contributed by atoms with E-state index in [0.29, 0.717) is 6.04 Å². The van der Waals surface area contributed by atoms with Gasteiger partial charge >= 0.3 is 0 Å². The van der Waals surface area contributed by atoms with Crippen molar-refractivity contribution in [1.29, 1.82) is 0 Å². The molecule has 0 amide bonds. The third-order valence-electron chi connectivity index (χ3n) is 4.30. The van der Waals surface area contributed by atoms with Crippen LogP contribution in [0.3, 0.4) is 0 Å². The summed E-state index contributed by atoms with van der Waals surface area (Å²) in [5, 5.41) is 3.28. The molecule has 1 aliphatic heterocycles. The molecule has 0 aliphatic carbocycles. The lowest BCUT2D eigenvalue weighted by molar-refractivity contribution is 0.249. The largest absolute Gasteiger partial charge is 0.356 e. The maximum atomic E-state index is 4.82. The van der Waals surface area contributed by atoms with E-state index in [9.17, 15) is 0 Å². The summed E-state index contributed by atoms with van der Waals surface area (Å²) in [7, 11) is 6.37. The highest BCUT2D eigenvalue weighted by Crippen LogP contribution is 2.26. The van der Waals surface area contributed by atoms with Crippen LogP contribution in [0.2, 0.25) is 0 Å². The summed E-state index contributed by atoms with van der Waals surface area (Å²) in [6.07, 6.45) is 2.45. The molecule has 0 bridgehead atoms. The number of nitrogens with zero attached hydrogens (tertiary/aromatic N) is 3. The third-order valence-corrected chi connectivity index (χ3v) is 4.30. The van der Waals surface area contributed by atoms with Crippen LogP contribution < -0.4 is 10.2 Å². The highest BCUT2D eigenvalue weighted by molar-refractivity contribution is 5.52. The lowest BCUT2D eigenvalue weighted by atomic mass is 10.0. The summed E-state index contributed by atoms with van der Waals surface area (Å²) in [4.78, 5) is 9.63. The van der Waals surface area contributed by atoms with E-state index >= 15 is 0 Å². The van der Waals surface area contributed by atoms with Crippen molar-refractivity contribution >= 4 is 5.82 Å². The molecule has 1 saturated heterocycles. The Balaban J connectivity index is 2.20. The molecule has 2 heterocycles. The molecule has 0 radical (unpaired) electrons. The molecule has 0 spiro atoms. The molecule has 0 aromatic carbocycles. The standard InChI is InChI=1S/C16H28N4/c1-12-10-13(2)18-16(15(12)11-17-3)20-8-6-14(7-9-20)19(4)5/h10,14,17H,6-9,11H2,1-5H3. The highest BCUT2D eigenvalue weighted by atomic mass is 15.2. The van der Waals surface area contributed by atoms with Crippen LogP contribution in [0, 0.1) is 13.8 Å². The van der Waals surface area contributed by atoms with Crippen molar-refractivity contribution in [3.05, 3.63) is 22.9 Å². The molecule has 0 saturated carbocycles. The minimum atomic E-state index is 0.713. The van der Waals surface area contributed by atoms with Gasteiger partial charge in [-0.15, -0.1) is 0 Å². The molecule has 2 rings (SSSR count). The Labute approximate surface area is 123 Å². The van der Waals surface area contributed by atoms with Crippen LogP contribution in [-0.4, -0.2) is 50.2 Å². The first-order chi connectivity index (χ1) is 9.52. The second kappa shape index (κ2) is 6.55. The summed E-state index contributed by atoms with van der Waals surface area (Å²) < 4.78 is 0. The molecule has 1 aromatic heterocycles. The second-order valence-electron chi connectivity index (χ2n) is 6.09. The van der Waals surface area contributed by atoms with E-state index in [1.54, 1.807) is 0 Å².